The molecule has 1 saturated heterocycles. The number of hydrogen-bond donors (Lipinski definition) is 2. The lowest BCUT2D eigenvalue weighted by molar-refractivity contribution is -0.117. The van der Waals surface area contributed by atoms with E-state index in [0.29, 0.717) is 29.6 Å². The smallest absolute Gasteiger partial charge is 0.341 e. The number of benzene rings is 1. The lowest BCUT2D eigenvalue weighted by Gasteiger charge is -2.35. The van der Waals surface area contributed by atoms with E-state index >= 15 is 0 Å². The highest BCUT2D eigenvalue weighted by molar-refractivity contribution is 7.15. The maximum atomic E-state index is 12.7. The number of carbonyl (C=O) groups excluding carboxylic acids is 2. The van der Waals surface area contributed by atoms with Crippen molar-refractivity contribution in [2.24, 2.45) is 0 Å². The van der Waals surface area contributed by atoms with Gasteiger partial charge in [-0.05, 0) is 60.9 Å². The van der Waals surface area contributed by atoms with Crippen molar-refractivity contribution < 1.29 is 19.4 Å². The molecule has 7 nitrogen and oxygen atoms in total. The average molecular weight is 430 g/mol. The van der Waals surface area contributed by atoms with Gasteiger partial charge in [0.1, 0.15) is 10.8 Å². The van der Waals surface area contributed by atoms with Gasteiger partial charge in [0.05, 0.1) is 18.7 Å². The first-order valence-electron chi connectivity index (χ1n) is 10.4. The van der Waals surface area contributed by atoms with Crippen LogP contribution in [0.3, 0.4) is 0 Å². The number of phenols is 1. The van der Waals surface area contributed by atoms with Crippen LogP contribution in [-0.4, -0.2) is 61.2 Å². The molecule has 1 aliphatic carbocycles. The number of phenolic OH excluding ortho intramolecular Hbond substituents is 1. The number of nitrogens with one attached hydrogen (secondary N) is 1. The Bertz CT molecular complexity index is 900. The van der Waals surface area contributed by atoms with Gasteiger partial charge in [-0.1, -0.05) is 0 Å². The number of piperazine rings is 1. The normalized spacial score (nSPS) is 17.0. The van der Waals surface area contributed by atoms with E-state index in [4.69, 9.17) is 4.74 Å². The van der Waals surface area contributed by atoms with E-state index in [1.54, 1.807) is 19.1 Å². The molecule has 2 N–H and O–H groups in total. The number of ether oxygens (including phenoxy) is 1. The summed E-state index contributed by atoms with van der Waals surface area (Å²) in [5.41, 5.74) is 2.62. The first-order chi connectivity index (χ1) is 14.5. The summed E-state index contributed by atoms with van der Waals surface area (Å²) in [4.78, 5) is 29.5. The average Bonchev–Trinajstić information content (AvgIpc) is 3.50. The third-order valence-electron chi connectivity index (χ3n) is 5.52. The quantitative estimate of drug-likeness (QED) is 0.658. The van der Waals surface area contributed by atoms with Gasteiger partial charge in [0.15, 0.2) is 0 Å². The molecular formula is C22H27N3O4S. The van der Waals surface area contributed by atoms with Crippen LogP contribution in [-0.2, 0) is 9.53 Å². The third kappa shape index (κ3) is 4.76. The SMILES string of the molecule is CCOC(=O)c1c(C2CC2)csc1NC(=O)CN1CCN(c2ccc(O)cc2)CC1. The molecule has 160 valence electrons. The second-order valence-corrected chi connectivity index (χ2v) is 8.60. The summed E-state index contributed by atoms with van der Waals surface area (Å²) in [6.07, 6.45) is 2.17. The zero-order chi connectivity index (χ0) is 21.1. The third-order valence-corrected chi connectivity index (χ3v) is 6.44. The largest absolute Gasteiger partial charge is 0.508 e. The summed E-state index contributed by atoms with van der Waals surface area (Å²) in [5, 5.41) is 15.0. The van der Waals surface area contributed by atoms with E-state index < -0.39 is 0 Å². The Morgan fingerprint density at radius 3 is 2.50 bits per heavy atom. The number of thiophene rings is 1. The minimum Gasteiger partial charge on any atom is -0.508 e. The predicted octanol–water partition coefficient (Wildman–Crippen LogP) is 3.27. The van der Waals surface area contributed by atoms with Crippen molar-refractivity contribution in [2.75, 3.05) is 49.5 Å². The van der Waals surface area contributed by atoms with E-state index in [1.807, 2.05) is 17.5 Å². The van der Waals surface area contributed by atoms with Gasteiger partial charge < -0.3 is 20.1 Å². The molecule has 0 radical (unpaired) electrons. The van der Waals surface area contributed by atoms with E-state index in [-0.39, 0.29) is 17.6 Å². The van der Waals surface area contributed by atoms with Crippen LogP contribution in [0.25, 0.3) is 0 Å². The maximum Gasteiger partial charge on any atom is 0.341 e. The molecule has 1 amide bonds. The molecule has 2 heterocycles. The van der Waals surface area contributed by atoms with E-state index in [9.17, 15) is 14.7 Å². The van der Waals surface area contributed by atoms with E-state index in [1.165, 1.54) is 11.3 Å². The molecule has 0 spiro atoms. The molecule has 30 heavy (non-hydrogen) atoms. The van der Waals surface area contributed by atoms with Gasteiger partial charge in [0.2, 0.25) is 5.91 Å². The number of nitrogens with zero attached hydrogens (tertiary/aromatic N) is 2. The Hall–Kier alpha value is -2.58. The number of esters is 1. The molecule has 1 aromatic carbocycles. The number of hydrogen-bond acceptors (Lipinski definition) is 7. The van der Waals surface area contributed by atoms with Crippen LogP contribution < -0.4 is 10.2 Å². The molecular weight excluding hydrogens is 402 g/mol. The molecule has 0 atom stereocenters. The van der Waals surface area contributed by atoms with Crippen molar-refractivity contribution >= 4 is 33.9 Å². The molecule has 2 aliphatic rings. The van der Waals surface area contributed by atoms with Gasteiger partial charge in [-0.3, -0.25) is 9.69 Å². The van der Waals surface area contributed by atoms with Gasteiger partial charge in [0.25, 0.3) is 0 Å². The standard InChI is InChI=1S/C22H27N3O4S/c1-2-29-22(28)20-18(15-3-4-15)14-30-21(20)23-19(27)13-24-9-11-25(12-10-24)16-5-7-17(26)8-6-16/h5-8,14-15,26H,2-4,9-13H2,1H3,(H,23,27). The predicted molar refractivity (Wildman–Crippen MR) is 118 cm³/mol. The van der Waals surface area contributed by atoms with Gasteiger partial charge in [-0.25, -0.2) is 4.79 Å². The summed E-state index contributed by atoms with van der Waals surface area (Å²) in [6.45, 7) is 5.58. The van der Waals surface area contributed by atoms with Gasteiger partial charge in [-0.15, -0.1) is 11.3 Å². The zero-order valence-corrected chi connectivity index (χ0v) is 17.9. The summed E-state index contributed by atoms with van der Waals surface area (Å²) in [6, 6.07) is 7.19. The first kappa shape index (κ1) is 20.7. The highest BCUT2D eigenvalue weighted by Crippen LogP contribution is 2.46. The van der Waals surface area contributed by atoms with Gasteiger partial charge in [0, 0.05) is 31.9 Å². The second-order valence-electron chi connectivity index (χ2n) is 7.72. The van der Waals surface area contributed by atoms with Crippen LogP contribution in [0, 0.1) is 0 Å². The number of anilines is 2. The molecule has 4 rings (SSSR count). The van der Waals surface area contributed by atoms with Crippen LogP contribution >= 0.6 is 11.3 Å². The molecule has 1 aromatic heterocycles. The Labute approximate surface area is 180 Å². The zero-order valence-electron chi connectivity index (χ0n) is 17.1. The van der Waals surface area contributed by atoms with E-state index in [0.717, 1.165) is 50.3 Å². The Balaban J connectivity index is 1.33. The molecule has 1 aliphatic heterocycles. The first-order valence-corrected chi connectivity index (χ1v) is 11.3. The van der Waals surface area contributed by atoms with Gasteiger partial charge in [-0.2, -0.15) is 0 Å². The van der Waals surface area contributed by atoms with Crippen LogP contribution in [0.5, 0.6) is 5.75 Å². The van der Waals surface area contributed by atoms with E-state index in [2.05, 4.69) is 15.1 Å². The van der Waals surface area contributed by atoms with Crippen molar-refractivity contribution in [3.8, 4) is 5.75 Å². The molecule has 2 fully saturated rings. The number of rotatable bonds is 7. The summed E-state index contributed by atoms with van der Waals surface area (Å²) in [7, 11) is 0. The molecule has 2 aromatic rings. The molecule has 8 heteroatoms. The highest BCUT2D eigenvalue weighted by atomic mass is 32.1. The summed E-state index contributed by atoms with van der Waals surface area (Å²) in [5.74, 6) is 0.218. The fraction of sp³-hybridized carbons (Fsp3) is 0.455. The number of aromatic hydroxyl groups is 1. The van der Waals surface area contributed by atoms with Crippen LogP contribution in [0.1, 0.15) is 41.6 Å². The van der Waals surface area contributed by atoms with Crippen LogP contribution in [0.2, 0.25) is 0 Å². The maximum absolute atomic E-state index is 12.7. The van der Waals surface area contributed by atoms with Crippen LogP contribution in [0.15, 0.2) is 29.6 Å². The Kier molecular flexibility index (Phi) is 6.24. The van der Waals surface area contributed by atoms with Crippen molar-refractivity contribution in [1.29, 1.82) is 0 Å². The van der Waals surface area contributed by atoms with Crippen molar-refractivity contribution in [3.63, 3.8) is 0 Å². The lowest BCUT2D eigenvalue weighted by atomic mass is 10.1. The Morgan fingerprint density at radius 1 is 1.17 bits per heavy atom. The topological polar surface area (TPSA) is 82.1 Å². The minimum atomic E-state index is -0.349. The molecule has 0 bridgehead atoms. The summed E-state index contributed by atoms with van der Waals surface area (Å²) < 4.78 is 5.22. The second kappa shape index (κ2) is 9.06. The van der Waals surface area contributed by atoms with Crippen LogP contribution in [0.4, 0.5) is 10.7 Å². The van der Waals surface area contributed by atoms with Crippen molar-refractivity contribution in [1.82, 2.24) is 4.90 Å². The molecule has 1 saturated carbocycles. The Morgan fingerprint density at radius 2 is 1.87 bits per heavy atom. The fourth-order valence-electron chi connectivity index (χ4n) is 3.77. The fourth-order valence-corrected chi connectivity index (χ4v) is 4.82. The lowest BCUT2D eigenvalue weighted by Crippen LogP contribution is -2.48. The highest BCUT2D eigenvalue weighted by Gasteiger charge is 2.32. The monoisotopic (exact) mass is 429 g/mol. The summed E-state index contributed by atoms with van der Waals surface area (Å²) >= 11 is 1.41. The molecule has 0 unspecified atom stereocenters. The minimum absolute atomic E-state index is 0.108. The number of carbonyl (C=O) groups is 2. The van der Waals surface area contributed by atoms with Crippen molar-refractivity contribution in [2.45, 2.75) is 25.7 Å². The van der Waals surface area contributed by atoms with Gasteiger partial charge >= 0.3 is 5.97 Å². The van der Waals surface area contributed by atoms with Crippen molar-refractivity contribution in [3.05, 3.63) is 40.8 Å². The number of amides is 1.